The van der Waals surface area contributed by atoms with E-state index in [2.05, 4.69) is 16.0 Å². The van der Waals surface area contributed by atoms with Crippen LogP contribution in [0.1, 0.15) is 84.6 Å². The molecule has 1 fully saturated rings. The summed E-state index contributed by atoms with van der Waals surface area (Å²) in [5, 5.41) is 30.3. The number of carbonyl (C=O) groups is 3. The molecule has 3 amide bonds. The monoisotopic (exact) mass is 618 g/mol. The second-order valence-corrected chi connectivity index (χ2v) is 13.4. The molecule has 6 atom stereocenters. The third-order valence-corrected chi connectivity index (χ3v) is 8.27. The zero-order chi connectivity index (χ0) is 32.6. The lowest BCUT2D eigenvalue weighted by Gasteiger charge is -2.33. The predicted molar refractivity (Wildman–Crippen MR) is 173 cm³/mol. The molecule has 0 aromatic heterocycles. The lowest BCUT2D eigenvalue weighted by molar-refractivity contribution is -0.131. The highest BCUT2D eigenvalue weighted by Gasteiger charge is 2.32. The smallest absolute Gasteiger partial charge is 0.408 e. The summed E-state index contributed by atoms with van der Waals surface area (Å²) in [6.45, 7) is 8.20. The molecule has 1 unspecified atom stereocenters. The van der Waals surface area contributed by atoms with Crippen LogP contribution in [-0.2, 0) is 20.7 Å². The van der Waals surface area contributed by atoms with Crippen molar-refractivity contribution in [2.24, 2.45) is 17.8 Å². The van der Waals surface area contributed by atoms with Crippen molar-refractivity contribution in [2.45, 2.75) is 116 Å². The summed E-state index contributed by atoms with van der Waals surface area (Å²) >= 11 is 0. The van der Waals surface area contributed by atoms with Gasteiger partial charge in [0, 0.05) is 19.1 Å². The highest BCUT2D eigenvalue weighted by atomic mass is 16.6. The normalized spacial score (nSPS) is 18.1. The summed E-state index contributed by atoms with van der Waals surface area (Å²) in [4.78, 5) is 41.1. The minimum atomic E-state index is -1.07. The van der Waals surface area contributed by atoms with E-state index in [0.29, 0.717) is 31.7 Å². The summed E-state index contributed by atoms with van der Waals surface area (Å²) < 4.78 is 5.58. The minimum absolute atomic E-state index is 0.0370. The minimum Gasteiger partial charge on any atom is -0.436 e. The first-order chi connectivity index (χ1) is 20.8. The van der Waals surface area contributed by atoms with Gasteiger partial charge < -0.3 is 35.8 Å². The zero-order valence-corrected chi connectivity index (χ0v) is 27.8. The van der Waals surface area contributed by atoms with Crippen LogP contribution in [0.5, 0.6) is 0 Å². The summed E-state index contributed by atoms with van der Waals surface area (Å²) in [5.74, 6) is -0.791. The number of aliphatic hydroxyl groups is 2. The first-order valence-corrected chi connectivity index (χ1v) is 16.5. The van der Waals surface area contributed by atoms with E-state index in [1.54, 1.807) is 6.92 Å². The third kappa shape index (κ3) is 14.4. The Balaban J connectivity index is 2.02. The Hall–Kier alpha value is -2.69. The molecule has 10 heteroatoms. The predicted octanol–water partition coefficient (Wildman–Crippen LogP) is 3.64. The van der Waals surface area contributed by atoms with Gasteiger partial charge in [-0.3, -0.25) is 9.59 Å². The number of nitrogens with one attached hydrogen (secondary N) is 3. The van der Waals surface area contributed by atoms with Gasteiger partial charge in [0.15, 0.2) is 6.10 Å². The van der Waals surface area contributed by atoms with Crippen LogP contribution in [0.4, 0.5) is 4.79 Å². The van der Waals surface area contributed by atoms with Gasteiger partial charge in [0.05, 0.1) is 18.1 Å². The van der Waals surface area contributed by atoms with Crippen LogP contribution in [0.3, 0.4) is 0 Å². The van der Waals surface area contributed by atoms with Gasteiger partial charge in [-0.25, -0.2) is 4.79 Å². The molecule has 5 N–H and O–H groups in total. The van der Waals surface area contributed by atoms with Crippen molar-refractivity contribution in [3.05, 3.63) is 35.9 Å². The molecule has 1 aliphatic rings. The van der Waals surface area contributed by atoms with E-state index in [1.165, 1.54) is 6.42 Å². The van der Waals surface area contributed by atoms with Gasteiger partial charge in [0.1, 0.15) is 6.10 Å². The number of alkyl carbamates (subject to hydrolysis) is 1. The van der Waals surface area contributed by atoms with Crippen LogP contribution >= 0.6 is 0 Å². The van der Waals surface area contributed by atoms with Crippen LogP contribution in [0.15, 0.2) is 30.3 Å². The first kappa shape index (κ1) is 37.5. The van der Waals surface area contributed by atoms with E-state index < -0.39 is 42.3 Å². The fourth-order valence-corrected chi connectivity index (χ4v) is 5.89. The van der Waals surface area contributed by atoms with Crippen LogP contribution in [0.2, 0.25) is 0 Å². The standard InChI is InChI=1S/C34H58N4O6/c1-23(2)19-29(39)31(40)28(20-27-15-11-8-12-16-27)37-32(41)24(3)21-35-33(42)30(18-17-26-13-9-7-10-14-26)44-34(43)36-25(4)22-38(5)6/h7,9-10,13-14,23-25,27-31,39-40H,8,11-12,15-22H2,1-6H3,(H,35,42)(H,36,43)(H,37,41)/t24-,25?,28+,29+,30+,31-/m1/s1. The van der Waals surface area contributed by atoms with E-state index in [0.717, 1.165) is 31.2 Å². The van der Waals surface area contributed by atoms with Crippen LogP contribution in [-0.4, -0.2) is 90.6 Å². The van der Waals surface area contributed by atoms with E-state index >= 15 is 0 Å². The van der Waals surface area contributed by atoms with E-state index in [1.807, 2.05) is 70.1 Å². The summed E-state index contributed by atoms with van der Waals surface area (Å²) in [7, 11) is 3.81. The topological polar surface area (TPSA) is 140 Å². The maximum absolute atomic E-state index is 13.3. The molecule has 1 aromatic rings. The van der Waals surface area contributed by atoms with Gasteiger partial charge in [0.2, 0.25) is 5.91 Å². The zero-order valence-electron chi connectivity index (χ0n) is 27.8. The van der Waals surface area contributed by atoms with Gasteiger partial charge in [0.25, 0.3) is 5.91 Å². The molecule has 0 radical (unpaired) electrons. The van der Waals surface area contributed by atoms with Gasteiger partial charge in [-0.05, 0) is 64.1 Å². The number of carbonyl (C=O) groups excluding carboxylic acids is 3. The van der Waals surface area contributed by atoms with E-state index in [-0.39, 0.29) is 30.8 Å². The maximum atomic E-state index is 13.3. The lowest BCUT2D eigenvalue weighted by Crippen LogP contribution is -2.52. The molecular weight excluding hydrogens is 560 g/mol. The number of likely N-dealkylation sites (N-methyl/N-ethyl adjacent to an activating group) is 1. The average molecular weight is 619 g/mol. The van der Waals surface area contributed by atoms with Crippen molar-refractivity contribution in [3.63, 3.8) is 0 Å². The summed E-state index contributed by atoms with van der Waals surface area (Å²) in [6.07, 6.45) is 3.74. The molecule has 1 aromatic carbocycles. The van der Waals surface area contributed by atoms with Crippen molar-refractivity contribution < 1.29 is 29.3 Å². The number of aliphatic hydroxyl groups excluding tert-OH is 2. The number of hydrogen-bond acceptors (Lipinski definition) is 7. The Kier molecular flexibility index (Phi) is 16.7. The molecule has 1 saturated carbocycles. The van der Waals surface area contributed by atoms with Gasteiger partial charge in [-0.1, -0.05) is 83.2 Å². The molecule has 10 nitrogen and oxygen atoms in total. The van der Waals surface area contributed by atoms with E-state index in [9.17, 15) is 24.6 Å². The number of benzene rings is 1. The largest absolute Gasteiger partial charge is 0.436 e. The second kappa shape index (κ2) is 19.6. The fourth-order valence-electron chi connectivity index (χ4n) is 5.89. The molecule has 250 valence electrons. The van der Waals surface area contributed by atoms with Crippen molar-refractivity contribution in [2.75, 3.05) is 27.2 Å². The quantitative estimate of drug-likeness (QED) is 0.169. The average Bonchev–Trinajstić information content (AvgIpc) is 2.97. The summed E-state index contributed by atoms with van der Waals surface area (Å²) in [5.41, 5.74) is 1.02. The first-order valence-electron chi connectivity index (χ1n) is 16.5. The van der Waals surface area contributed by atoms with Crippen molar-refractivity contribution >= 4 is 17.9 Å². The molecule has 2 rings (SSSR count). The van der Waals surface area contributed by atoms with E-state index in [4.69, 9.17) is 4.74 Å². The van der Waals surface area contributed by atoms with Crippen molar-refractivity contribution in [1.82, 2.24) is 20.9 Å². The number of nitrogens with zero attached hydrogens (tertiary/aromatic N) is 1. The Bertz CT molecular complexity index is 985. The number of aryl methyl sites for hydroxylation is 1. The number of ether oxygens (including phenoxy) is 1. The Morgan fingerprint density at radius 2 is 1.61 bits per heavy atom. The van der Waals surface area contributed by atoms with Crippen molar-refractivity contribution in [1.29, 1.82) is 0 Å². The van der Waals surface area contributed by atoms with Crippen LogP contribution in [0.25, 0.3) is 0 Å². The van der Waals surface area contributed by atoms with Crippen molar-refractivity contribution in [3.8, 4) is 0 Å². The highest BCUT2D eigenvalue weighted by Crippen LogP contribution is 2.29. The number of amides is 3. The molecule has 1 aliphatic carbocycles. The molecule has 0 saturated heterocycles. The molecule has 44 heavy (non-hydrogen) atoms. The lowest BCUT2D eigenvalue weighted by atomic mass is 9.82. The van der Waals surface area contributed by atoms with Gasteiger partial charge in [-0.15, -0.1) is 0 Å². The fraction of sp³-hybridized carbons (Fsp3) is 0.735. The Morgan fingerprint density at radius 3 is 2.23 bits per heavy atom. The Labute approximate surface area is 264 Å². The third-order valence-electron chi connectivity index (χ3n) is 8.27. The van der Waals surface area contributed by atoms with Crippen LogP contribution in [0, 0.1) is 17.8 Å². The molecular formula is C34H58N4O6. The molecule has 0 bridgehead atoms. The summed E-state index contributed by atoms with van der Waals surface area (Å²) in [6, 6.07) is 8.92. The maximum Gasteiger partial charge on any atom is 0.408 e. The SMILES string of the molecule is CC(C)C[C@H](O)[C@H](O)[C@H](CC1CCCCC1)NC(=O)[C@H](C)CNC(=O)[C@H](CCc1ccccc1)OC(=O)NC(C)CN(C)C. The second-order valence-electron chi connectivity index (χ2n) is 13.4. The number of rotatable bonds is 18. The highest BCUT2D eigenvalue weighted by molar-refractivity contribution is 5.84. The molecule has 0 heterocycles. The number of hydrogen-bond donors (Lipinski definition) is 5. The van der Waals surface area contributed by atoms with Crippen LogP contribution < -0.4 is 16.0 Å². The molecule has 0 spiro atoms. The molecule has 0 aliphatic heterocycles. The Morgan fingerprint density at radius 1 is 0.955 bits per heavy atom. The van der Waals surface area contributed by atoms with Gasteiger partial charge in [-0.2, -0.15) is 0 Å². The van der Waals surface area contributed by atoms with Gasteiger partial charge >= 0.3 is 6.09 Å².